The molecule has 18 heavy (non-hydrogen) atoms. The number of aliphatic imine (C=N–C) groups is 1. The predicted molar refractivity (Wildman–Crippen MR) is 85.7 cm³/mol. The van der Waals surface area contributed by atoms with Crippen molar-refractivity contribution < 1.29 is 0 Å². The number of halogens is 1. The van der Waals surface area contributed by atoms with Crippen LogP contribution in [0.15, 0.2) is 16.7 Å². The second-order valence-electron chi connectivity index (χ2n) is 6.11. The smallest absolute Gasteiger partial charge is 0.137 e. The molecule has 0 aromatic carbocycles. The van der Waals surface area contributed by atoms with E-state index in [1.165, 1.54) is 0 Å². The first-order chi connectivity index (χ1) is 7.97. The van der Waals surface area contributed by atoms with E-state index in [-0.39, 0.29) is 16.2 Å². The van der Waals surface area contributed by atoms with Crippen LogP contribution in [0.3, 0.4) is 0 Å². The Bertz CT molecular complexity index is 383. The van der Waals surface area contributed by atoms with Gasteiger partial charge in [0.15, 0.2) is 0 Å². The van der Waals surface area contributed by atoms with Crippen LogP contribution >= 0.6 is 11.6 Å². The lowest BCUT2D eigenvalue weighted by molar-refractivity contribution is 0.478. The van der Waals surface area contributed by atoms with E-state index in [1.54, 1.807) is 6.34 Å². The van der Waals surface area contributed by atoms with Crippen LogP contribution < -0.4 is 0 Å². The standard InChI is InChI=1S/C14H25ClN2Si/c1-12(17(6)11-16-13(2)15)9-10-18(7,8)14(3,4)5/h11-12H,2H2,1,3-8H3/b16-11-. The largest absolute Gasteiger partial charge is 0.352 e. The van der Waals surface area contributed by atoms with Gasteiger partial charge in [0.1, 0.15) is 13.2 Å². The van der Waals surface area contributed by atoms with E-state index in [2.05, 4.69) is 63.8 Å². The number of nitrogens with zero attached hydrogens (tertiary/aromatic N) is 2. The fraction of sp³-hybridized carbons (Fsp3) is 0.643. The second-order valence-corrected chi connectivity index (χ2v) is 11.5. The van der Waals surface area contributed by atoms with Crippen LogP contribution in [0.25, 0.3) is 0 Å². The van der Waals surface area contributed by atoms with Gasteiger partial charge in [-0.15, -0.1) is 5.54 Å². The van der Waals surface area contributed by atoms with Crippen molar-refractivity contribution in [3.63, 3.8) is 0 Å². The van der Waals surface area contributed by atoms with Gasteiger partial charge in [-0.3, -0.25) is 0 Å². The van der Waals surface area contributed by atoms with Gasteiger partial charge >= 0.3 is 0 Å². The van der Waals surface area contributed by atoms with Gasteiger partial charge in [-0.2, -0.15) is 0 Å². The molecule has 4 heteroatoms. The van der Waals surface area contributed by atoms with Crippen molar-refractivity contribution in [1.82, 2.24) is 4.90 Å². The first-order valence-corrected chi connectivity index (χ1v) is 9.48. The van der Waals surface area contributed by atoms with Crippen LogP contribution in [-0.4, -0.2) is 32.4 Å². The Balaban J connectivity index is 4.78. The highest BCUT2D eigenvalue weighted by atomic mass is 35.5. The molecular weight excluding hydrogens is 260 g/mol. The average molecular weight is 285 g/mol. The second kappa shape index (κ2) is 6.45. The summed E-state index contributed by atoms with van der Waals surface area (Å²) in [6.45, 7) is 17.0. The summed E-state index contributed by atoms with van der Waals surface area (Å²) in [5.41, 5.74) is 3.50. The summed E-state index contributed by atoms with van der Waals surface area (Å²) >= 11 is 5.59. The summed E-state index contributed by atoms with van der Waals surface area (Å²) in [6, 6.07) is 0.124. The number of rotatable bonds is 3. The molecule has 0 rings (SSSR count). The minimum Gasteiger partial charge on any atom is -0.352 e. The zero-order valence-electron chi connectivity index (χ0n) is 12.6. The van der Waals surface area contributed by atoms with Crippen molar-refractivity contribution in [2.75, 3.05) is 7.05 Å². The summed E-state index contributed by atoms with van der Waals surface area (Å²) in [5, 5.41) is 0.572. The lowest BCUT2D eigenvalue weighted by atomic mass is 10.2. The first kappa shape index (κ1) is 17.3. The van der Waals surface area contributed by atoms with E-state index >= 15 is 0 Å². The minimum absolute atomic E-state index is 0.124. The van der Waals surface area contributed by atoms with Gasteiger partial charge in [0.25, 0.3) is 0 Å². The molecule has 0 fully saturated rings. The zero-order chi connectivity index (χ0) is 14.6. The highest BCUT2D eigenvalue weighted by Gasteiger charge is 2.33. The van der Waals surface area contributed by atoms with Crippen LogP contribution in [0.4, 0.5) is 0 Å². The van der Waals surface area contributed by atoms with Gasteiger partial charge in [-0.05, 0) is 12.0 Å². The lowest BCUT2D eigenvalue weighted by Gasteiger charge is -2.32. The van der Waals surface area contributed by atoms with E-state index in [1.807, 2.05) is 11.9 Å². The molecule has 0 aromatic rings. The maximum Gasteiger partial charge on any atom is 0.137 e. The van der Waals surface area contributed by atoms with Crippen LogP contribution in [0, 0.1) is 11.5 Å². The van der Waals surface area contributed by atoms with Crippen molar-refractivity contribution in [3.8, 4) is 11.5 Å². The van der Waals surface area contributed by atoms with Crippen molar-refractivity contribution in [2.24, 2.45) is 4.99 Å². The molecule has 0 bridgehead atoms. The molecule has 0 aliphatic heterocycles. The van der Waals surface area contributed by atoms with E-state index < -0.39 is 8.07 Å². The molecule has 0 aromatic heterocycles. The Morgan fingerprint density at radius 2 is 1.94 bits per heavy atom. The average Bonchev–Trinajstić information content (AvgIpc) is 2.20. The monoisotopic (exact) mass is 284 g/mol. The maximum atomic E-state index is 5.59. The minimum atomic E-state index is -1.53. The molecule has 0 saturated carbocycles. The zero-order valence-corrected chi connectivity index (χ0v) is 14.4. The van der Waals surface area contributed by atoms with Crippen LogP contribution in [0.5, 0.6) is 0 Å². The Hall–Kier alpha value is -0.723. The van der Waals surface area contributed by atoms with Gasteiger partial charge in [-0.1, -0.05) is 58.0 Å². The molecule has 0 aliphatic rings. The quantitative estimate of drug-likeness (QED) is 0.250. The molecule has 2 nitrogen and oxygen atoms in total. The Labute approximate surface area is 118 Å². The highest BCUT2D eigenvalue weighted by molar-refractivity contribution is 6.87. The Morgan fingerprint density at radius 3 is 2.33 bits per heavy atom. The maximum absolute atomic E-state index is 5.59. The summed E-state index contributed by atoms with van der Waals surface area (Å²) in [4.78, 5) is 5.89. The molecule has 0 spiro atoms. The van der Waals surface area contributed by atoms with Crippen molar-refractivity contribution in [1.29, 1.82) is 0 Å². The van der Waals surface area contributed by atoms with Gasteiger partial charge in [-0.25, -0.2) is 4.99 Å². The van der Waals surface area contributed by atoms with Gasteiger partial charge < -0.3 is 4.90 Å². The van der Waals surface area contributed by atoms with Crippen LogP contribution in [0.1, 0.15) is 27.7 Å². The molecule has 0 heterocycles. The summed E-state index contributed by atoms with van der Waals surface area (Å²) < 4.78 is 0. The molecule has 0 amide bonds. The molecule has 1 atom stereocenters. The predicted octanol–water partition coefficient (Wildman–Crippen LogP) is 4.10. The third-order valence-corrected chi connectivity index (χ3v) is 8.08. The van der Waals surface area contributed by atoms with E-state index in [4.69, 9.17) is 11.6 Å². The third kappa shape index (κ3) is 5.75. The lowest BCUT2D eigenvalue weighted by Crippen LogP contribution is -2.36. The fourth-order valence-electron chi connectivity index (χ4n) is 0.828. The molecule has 0 aliphatic carbocycles. The van der Waals surface area contributed by atoms with E-state index in [0.717, 1.165) is 0 Å². The van der Waals surface area contributed by atoms with Crippen LogP contribution in [-0.2, 0) is 0 Å². The molecule has 0 N–H and O–H groups in total. The van der Waals surface area contributed by atoms with Crippen molar-refractivity contribution >= 4 is 26.0 Å². The molecule has 0 radical (unpaired) electrons. The topological polar surface area (TPSA) is 15.6 Å². The summed E-state index contributed by atoms with van der Waals surface area (Å²) in [7, 11) is 0.405. The fourth-order valence-corrected chi connectivity index (χ4v) is 1.82. The Morgan fingerprint density at radius 1 is 1.44 bits per heavy atom. The van der Waals surface area contributed by atoms with Crippen molar-refractivity contribution in [2.45, 2.75) is 51.9 Å². The van der Waals surface area contributed by atoms with Gasteiger partial charge in [0.2, 0.25) is 0 Å². The van der Waals surface area contributed by atoms with Crippen molar-refractivity contribution in [3.05, 3.63) is 11.7 Å². The normalized spacial score (nSPS) is 14.0. The van der Waals surface area contributed by atoms with E-state index in [0.29, 0.717) is 0 Å². The van der Waals surface area contributed by atoms with E-state index in [9.17, 15) is 0 Å². The first-order valence-electron chi connectivity index (χ1n) is 6.10. The molecular formula is C14H25ClN2Si. The SMILES string of the molecule is C=C(Cl)/N=C\N(C)C(C)C#C[Si](C)(C)C(C)(C)C. The molecule has 102 valence electrons. The Kier molecular flexibility index (Phi) is 6.19. The molecule has 0 saturated heterocycles. The van der Waals surface area contributed by atoms with Gasteiger partial charge in [0, 0.05) is 7.05 Å². The number of hydrogen-bond acceptors (Lipinski definition) is 1. The van der Waals surface area contributed by atoms with Gasteiger partial charge in [0.05, 0.1) is 12.4 Å². The number of hydrogen-bond donors (Lipinski definition) is 0. The van der Waals surface area contributed by atoms with Crippen LogP contribution in [0.2, 0.25) is 18.1 Å². The summed E-state index contributed by atoms with van der Waals surface area (Å²) in [5.74, 6) is 3.33. The third-order valence-electron chi connectivity index (χ3n) is 3.46. The molecule has 1 unspecified atom stereocenters. The summed E-state index contributed by atoms with van der Waals surface area (Å²) in [6.07, 6.45) is 1.67. The highest BCUT2D eigenvalue weighted by Crippen LogP contribution is 2.35.